The van der Waals surface area contributed by atoms with Crippen molar-refractivity contribution in [2.45, 2.75) is 25.3 Å². The van der Waals surface area contributed by atoms with E-state index >= 15 is 0 Å². The molecule has 0 spiro atoms. The Balaban J connectivity index is 1.75. The van der Waals surface area contributed by atoms with Crippen molar-refractivity contribution in [2.24, 2.45) is 0 Å². The number of esters is 1. The van der Waals surface area contributed by atoms with Crippen LogP contribution in [0.4, 0.5) is 0 Å². The molecule has 0 aliphatic heterocycles. The highest BCUT2D eigenvalue weighted by atomic mass is 35.5. The van der Waals surface area contributed by atoms with Gasteiger partial charge in [0.2, 0.25) is 0 Å². The van der Waals surface area contributed by atoms with E-state index in [-0.39, 0.29) is 18.6 Å². The van der Waals surface area contributed by atoms with Crippen LogP contribution in [0.25, 0.3) is 6.08 Å². The summed E-state index contributed by atoms with van der Waals surface area (Å²) in [7, 11) is 1.37. The van der Waals surface area contributed by atoms with Crippen molar-refractivity contribution in [1.82, 2.24) is 4.90 Å². The van der Waals surface area contributed by atoms with Gasteiger partial charge in [-0.3, -0.25) is 4.90 Å². The van der Waals surface area contributed by atoms with Crippen LogP contribution in [0.5, 0.6) is 0 Å². The molecule has 1 unspecified atom stereocenters. The molecule has 3 rings (SSSR count). The molecule has 1 aliphatic rings. The molecular formula is C23H25Cl2NO3. The van der Waals surface area contributed by atoms with Crippen molar-refractivity contribution >= 4 is 35.2 Å². The SMILES string of the molecule is COC(=O)/C=C/c1ccc2c(c1)CCC2N(CCO)CCc1c(Cl)cccc1Cl. The van der Waals surface area contributed by atoms with Gasteiger partial charge in [0, 0.05) is 35.3 Å². The Labute approximate surface area is 181 Å². The molecule has 0 radical (unpaired) electrons. The van der Waals surface area contributed by atoms with Gasteiger partial charge in [0.15, 0.2) is 0 Å². The highest BCUT2D eigenvalue weighted by Crippen LogP contribution is 2.37. The lowest BCUT2D eigenvalue weighted by Crippen LogP contribution is -2.32. The van der Waals surface area contributed by atoms with E-state index in [1.807, 2.05) is 24.3 Å². The van der Waals surface area contributed by atoms with E-state index in [4.69, 9.17) is 23.2 Å². The summed E-state index contributed by atoms with van der Waals surface area (Å²) in [5.41, 5.74) is 4.48. The van der Waals surface area contributed by atoms with Gasteiger partial charge in [-0.2, -0.15) is 0 Å². The van der Waals surface area contributed by atoms with Crippen molar-refractivity contribution in [1.29, 1.82) is 0 Å². The van der Waals surface area contributed by atoms with Gasteiger partial charge in [0.25, 0.3) is 0 Å². The second kappa shape index (κ2) is 10.3. The van der Waals surface area contributed by atoms with Crippen molar-refractivity contribution in [3.8, 4) is 0 Å². The summed E-state index contributed by atoms with van der Waals surface area (Å²) in [5.74, 6) is -0.365. The summed E-state index contributed by atoms with van der Waals surface area (Å²) < 4.78 is 4.65. The smallest absolute Gasteiger partial charge is 0.330 e. The molecular weight excluding hydrogens is 409 g/mol. The van der Waals surface area contributed by atoms with Crippen LogP contribution in [-0.2, 0) is 22.4 Å². The normalized spacial score (nSPS) is 15.8. The van der Waals surface area contributed by atoms with Crippen LogP contribution in [0.3, 0.4) is 0 Å². The zero-order valence-electron chi connectivity index (χ0n) is 16.4. The predicted octanol–water partition coefficient (Wildman–Crippen LogP) is 4.70. The Hall–Kier alpha value is -1.85. The molecule has 29 heavy (non-hydrogen) atoms. The summed E-state index contributed by atoms with van der Waals surface area (Å²) in [5, 5.41) is 10.9. The summed E-state index contributed by atoms with van der Waals surface area (Å²) in [4.78, 5) is 13.6. The van der Waals surface area contributed by atoms with Crippen LogP contribution in [-0.4, -0.2) is 42.8 Å². The Morgan fingerprint density at radius 3 is 2.69 bits per heavy atom. The zero-order valence-corrected chi connectivity index (χ0v) is 17.9. The van der Waals surface area contributed by atoms with Crippen molar-refractivity contribution in [3.05, 3.63) is 74.8 Å². The largest absolute Gasteiger partial charge is 0.466 e. The first kappa shape index (κ1) is 21.8. The molecule has 0 bridgehead atoms. The standard InChI is InChI=1S/C23H25Cl2NO3/c1-29-23(28)10-6-16-5-8-18-17(15-16)7-9-22(18)26(13-14-27)12-11-19-20(24)3-2-4-21(19)25/h2-6,8,10,15,22,27H,7,9,11-14H2,1H3/b10-6+. The molecule has 1 atom stereocenters. The highest BCUT2D eigenvalue weighted by molar-refractivity contribution is 6.35. The minimum absolute atomic E-state index is 0.0992. The number of rotatable bonds is 8. The van der Waals surface area contributed by atoms with Crippen LogP contribution in [0.2, 0.25) is 10.0 Å². The van der Waals surface area contributed by atoms with Crippen LogP contribution >= 0.6 is 23.2 Å². The average Bonchev–Trinajstić information content (AvgIpc) is 3.14. The molecule has 6 heteroatoms. The first-order valence-corrected chi connectivity index (χ1v) is 10.5. The average molecular weight is 434 g/mol. The Kier molecular flexibility index (Phi) is 7.73. The summed E-state index contributed by atoms with van der Waals surface area (Å²) in [6.07, 6.45) is 5.89. The number of aliphatic hydroxyl groups excluding tert-OH is 1. The number of carbonyl (C=O) groups excluding carboxylic acids is 1. The molecule has 0 saturated carbocycles. The maximum Gasteiger partial charge on any atom is 0.330 e. The third-order valence-corrected chi connectivity index (χ3v) is 6.07. The molecule has 4 nitrogen and oxygen atoms in total. The van der Waals surface area contributed by atoms with Gasteiger partial charge in [0.05, 0.1) is 13.7 Å². The molecule has 2 aromatic rings. The van der Waals surface area contributed by atoms with Gasteiger partial charge in [-0.05, 0) is 59.7 Å². The van der Waals surface area contributed by atoms with E-state index in [1.54, 1.807) is 6.08 Å². The number of nitrogens with zero attached hydrogens (tertiary/aromatic N) is 1. The minimum Gasteiger partial charge on any atom is -0.466 e. The number of carbonyl (C=O) groups is 1. The fourth-order valence-corrected chi connectivity index (χ4v) is 4.50. The molecule has 0 fully saturated rings. The number of benzene rings is 2. The van der Waals surface area contributed by atoms with Crippen molar-refractivity contribution in [3.63, 3.8) is 0 Å². The molecule has 2 aromatic carbocycles. The number of aryl methyl sites for hydroxylation is 1. The fraction of sp³-hybridized carbons (Fsp3) is 0.348. The third-order valence-electron chi connectivity index (χ3n) is 5.36. The molecule has 0 aromatic heterocycles. The Morgan fingerprint density at radius 1 is 1.24 bits per heavy atom. The van der Waals surface area contributed by atoms with Crippen LogP contribution in [0.1, 0.15) is 34.7 Å². The second-order valence-electron chi connectivity index (χ2n) is 7.08. The molecule has 0 amide bonds. The monoisotopic (exact) mass is 433 g/mol. The summed E-state index contributed by atoms with van der Waals surface area (Å²) in [6.45, 7) is 1.45. The van der Waals surface area contributed by atoms with Gasteiger partial charge in [-0.25, -0.2) is 4.79 Å². The van der Waals surface area contributed by atoms with E-state index in [0.717, 1.165) is 36.9 Å². The number of hydrogen-bond acceptors (Lipinski definition) is 4. The van der Waals surface area contributed by atoms with E-state index in [2.05, 4.69) is 21.8 Å². The van der Waals surface area contributed by atoms with Gasteiger partial charge < -0.3 is 9.84 Å². The van der Waals surface area contributed by atoms with Gasteiger partial charge >= 0.3 is 5.97 Å². The van der Waals surface area contributed by atoms with Crippen molar-refractivity contribution < 1.29 is 14.6 Å². The van der Waals surface area contributed by atoms with E-state index in [1.165, 1.54) is 24.3 Å². The minimum atomic E-state index is -0.365. The lowest BCUT2D eigenvalue weighted by Gasteiger charge is -2.29. The Morgan fingerprint density at radius 2 is 2.00 bits per heavy atom. The Bertz CT molecular complexity index is 877. The number of hydrogen-bond donors (Lipinski definition) is 1. The zero-order chi connectivity index (χ0) is 20.8. The lowest BCUT2D eigenvalue weighted by atomic mass is 10.0. The first-order chi connectivity index (χ1) is 14.0. The molecule has 0 heterocycles. The van der Waals surface area contributed by atoms with Crippen molar-refractivity contribution in [2.75, 3.05) is 26.8 Å². The van der Waals surface area contributed by atoms with E-state index in [0.29, 0.717) is 16.6 Å². The number of fused-ring (bicyclic) bond motifs is 1. The quantitative estimate of drug-likeness (QED) is 0.483. The van der Waals surface area contributed by atoms with Gasteiger partial charge in [-0.15, -0.1) is 0 Å². The van der Waals surface area contributed by atoms with Crippen LogP contribution < -0.4 is 0 Å². The van der Waals surface area contributed by atoms with Crippen LogP contribution in [0.15, 0.2) is 42.5 Å². The topological polar surface area (TPSA) is 49.8 Å². The van der Waals surface area contributed by atoms with Crippen LogP contribution in [0, 0.1) is 0 Å². The number of halogens is 2. The summed E-state index contributed by atoms with van der Waals surface area (Å²) >= 11 is 12.6. The molecule has 154 valence electrons. The second-order valence-corrected chi connectivity index (χ2v) is 7.89. The fourth-order valence-electron chi connectivity index (χ4n) is 3.91. The van der Waals surface area contributed by atoms with Gasteiger partial charge in [0.1, 0.15) is 0 Å². The third kappa shape index (κ3) is 5.40. The van der Waals surface area contributed by atoms with E-state index in [9.17, 15) is 9.90 Å². The lowest BCUT2D eigenvalue weighted by molar-refractivity contribution is -0.134. The molecule has 0 saturated heterocycles. The maximum absolute atomic E-state index is 11.3. The number of aliphatic hydroxyl groups is 1. The maximum atomic E-state index is 11.3. The number of methoxy groups -OCH3 is 1. The first-order valence-electron chi connectivity index (χ1n) is 9.70. The van der Waals surface area contributed by atoms with Gasteiger partial charge in [-0.1, -0.05) is 47.5 Å². The predicted molar refractivity (Wildman–Crippen MR) is 117 cm³/mol. The molecule has 1 N–H and O–H groups in total. The number of ether oxygens (including phenoxy) is 1. The highest BCUT2D eigenvalue weighted by Gasteiger charge is 2.27. The van der Waals surface area contributed by atoms with E-state index < -0.39 is 0 Å². The molecule has 1 aliphatic carbocycles. The summed E-state index contributed by atoms with van der Waals surface area (Å²) in [6, 6.07) is 12.1.